The van der Waals surface area contributed by atoms with Gasteiger partial charge in [0.25, 0.3) is 0 Å². The largest absolute Gasteiger partial charge is 0.481 e. The fraction of sp³-hybridized carbons (Fsp3) is 0.0455. The van der Waals surface area contributed by atoms with E-state index in [-0.39, 0.29) is 12.2 Å². The van der Waals surface area contributed by atoms with Gasteiger partial charge in [-0.15, -0.1) is 0 Å². The van der Waals surface area contributed by atoms with Crippen molar-refractivity contribution in [2.75, 3.05) is 0 Å². The maximum Gasteiger partial charge on any atom is 0.307 e. The SMILES string of the molecule is O=C(O)CC1=C/C(=C\c2cnc(-c3ccccc3)nc2)c2ccc(F)cc21. The molecule has 3 aromatic rings. The van der Waals surface area contributed by atoms with Crippen LogP contribution in [0.2, 0.25) is 0 Å². The topological polar surface area (TPSA) is 63.1 Å². The molecule has 5 heteroatoms. The van der Waals surface area contributed by atoms with Crippen LogP contribution in [0, 0.1) is 5.82 Å². The first-order valence-corrected chi connectivity index (χ1v) is 8.42. The lowest BCUT2D eigenvalue weighted by Crippen LogP contribution is -1.96. The predicted octanol–water partition coefficient (Wildman–Crippen LogP) is 4.70. The average Bonchev–Trinajstić information content (AvgIpc) is 2.99. The van der Waals surface area contributed by atoms with Gasteiger partial charge in [0.15, 0.2) is 5.82 Å². The van der Waals surface area contributed by atoms with Crippen molar-refractivity contribution in [1.29, 1.82) is 0 Å². The minimum atomic E-state index is -0.951. The number of carboxylic acid groups (broad SMARTS) is 1. The molecule has 0 aliphatic heterocycles. The van der Waals surface area contributed by atoms with Gasteiger partial charge < -0.3 is 5.11 Å². The van der Waals surface area contributed by atoms with Gasteiger partial charge in [0.1, 0.15) is 5.82 Å². The van der Waals surface area contributed by atoms with E-state index < -0.39 is 5.97 Å². The van der Waals surface area contributed by atoms with E-state index in [1.54, 1.807) is 24.5 Å². The Hall–Kier alpha value is -3.60. The van der Waals surface area contributed by atoms with Crippen LogP contribution in [0.5, 0.6) is 0 Å². The van der Waals surface area contributed by atoms with Crippen LogP contribution in [0.3, 0.4) is 0 Å². The van der Waals surface area contributed by atoms with Gasteiger partial charge in [0.2, 0.25) is 0 Å². The summed E-state index contributed by atoms with van der Waals surface area (Å²) in [6, 6.07) is 14.1. The van der Waals surface area contributed by atoms with Crippen molar-refractivity contribution in [2.24, 2.45) is 0 Å². The maximum absolute atomic E-state index is 13.6. The van der Waals surface area contributed by atoms with Gasteiger partial charge in [0, 0.05) is 23.5 Å². The zero-order valence-corrected chi connectivity index (χ0v) is 14.3. The quantitative estimate of drug-likeness (QED) is 0.735. The lowest BCUT2D eigenvalue weighted by Gasteiger charge is -2.04. The second-order valence-corrected chi connectivity index (χ2v) is 6.24. The van der Waals surface area contributed by atoms with E-state index in [2.05, 4.69) is 9.97 Å². The summed E-state index contributed by atoms with van der Waals surface area (Å²) in [4.78, 5) is 19.9. The van der Waals surface area contributed by atoms with Crippen molar-refractivity contribution >= 4 is 23.2 Å². The minimum absolute atomic E-state index is 0.156. The fourth-order valence-electron chi connectivity index (χ4n) is 3.13. The molecular weight excluding hydrogens is 343 g/mol. The van der Waals surface area contributed by atoms with E-state index in [0.717, 1.165) is 22.3 Å². The molecule has 1 N–H and O–H groups in total. The lowest BCUT2D eigenvalue weighted by atomic mass is 10.0. The zero-order valence-electron chi connectivity index (χ0n) is 14.3. The minimum Gasteiger partial charge on any atom is -0.481 e. The van der Waals surface area contributed by atoms with E-state index in [1.165, 1.54) is 12.1 Å². The third-order valence-electron chi connectivity index (χ3n) is 4.34. The van der Waals surface area contributed by atoms with Gasteiger partial charge in [-0.3, -0.25) is 4.79 Å². The number of halogens is 1. The van der Waals surface area contributed by atoms with Crippen molar-refractivity contribution in [3.8, 4) is 11.4 Å². The summed E-state index contributed by atoms with van der Waals surface area (Å²) < 4.78 is 13.6. The number of carboxylic acids is 1. The Balaban J connectivity index is 1.69. The van der Waals surface area contributed by atoms with Crippen LogP contribution in [0.4, 0.5) is 4.39 Å². The first kappa shape index (κ1) is 16.8. The summed E-state index contributed by atoms with van der Waals surface area (Å²) in [7, 11) is 0. The molecule has 0 bridgehead atoms. The zero-order chi connectivity index (χ0) is 18.8. The molecule has 132 valence electrons. The second kappa shape index (κ2) is 6.96. The van der Waals surface area contributed by atoms with Crippen molar-refractivity contribution in [1.82, 2.24) is 9.97 Å². The number of aromatic nitrogens is 2. The van der Waals surface area contributed by atoms with Crippen LogP contribution in [0.15, 0.2) is 67.0 Å². The normalized spacial score (nSPS) is 14.1. The highest BCUT2D eigenvalue weighted by atomic mass is 19.1. The number of nitrogens with zero attached hydrogens (tertiary/aromatic N) is 2. The Morgan fingerprint density at radius 2 is 1.78 bits per heavy atom. The average molecular weight is 358 g/mol. The third-order valence-corrected chi connectivity index (χ3v) is 4.34. The fourth-order valence-corrected chi connectivity index (χ4v) is 3.13. The number of aliphatic carboxylic acids is 1. The molecular formula is C22H15FN2O2. The highest BCUT2D eigenvalue weighted by Gasteiger charge is 2.20. The van der Waals surface area contributed by atoms with Gasteiger partial charge in [-0.2, -0.15) is 0 Å². The molecule has 0 radical (unpaired) electrons. The van der Waals surface area contributed by atoms with Crippen LogP contribution >= 0.6 is 0 Å². The monoisotopic (exact) mass is 358 g/mol. The van der Waals surface area contributed by atoms with Gasteiger partial charge in [-0.05, 0) is 46.6 Å². The molecule has 2 aromatic carbocycles. The molecule has 0 unspecified atom stereocenters. The number of rotatable bonds is 4. The van der Waals surface area contributed by atoms with Gasteiger partial charge in [-0.25, -0.2) is 14.4 Å². The van der Waals surface area contributed by atoms with Crippen LogP contribution < -0.4 is 0 Å². The van der Waals surface area contributed by atoms with E-state index in [0.29, 0.717) is 17.0 Å². The molecule has 0 fully saturated rings. The Labute approximate surface area is 155 Å². The maximum atomic E-state index is 13.6. The molecule has 0 atom stereocenters. The smallest absolute Gasteiger partial charge is 0.307 e. The van der Waals surface area contributed by atoms with Crippen LogP contribution in [0.1, 0.15) is 23.1 Å². The van der Waals surface area contributed by atoms with Crippen molar-refractivity contribution in [3.05, 3.63) is 89.5 Å². The van der Waals surface area contributed by atoms with Crippen molar-refractivity contribution < 1.29 is 14.3 Å². The summed E-state index contributed by atoms with van der Waals surface area (Å²) >= 11 is 0. The highest BCUT2D eigenvalue weighted by Crippen LogP contribution is 2.38. The Morgan fingerprint density at radius 1 is 1.04 bits per heavy atom. The number of hydrogen-bond acceptors (Lipinski definition) is 3. The number of hydrogen-bond donors (Lipinski definition) is 1. The predicted molar refractivity (Wildman–Crippen MR) is 102 cm³/mol. The van der Waals surface area contributed by atoms with Crippen molar-refractivity contribution in [2.45, 2.75) is 6.42 Å². The van der Waals surface area contributed by atoms with E-state index in [9.17, 15) is 9.18 Å². The summed E-state index contributed by atoms with van der Waals surface area (Å²) in [6.45, 7) is 0. The Morgan fingerprint density at radius 3 is 2.48 bits per heavy atom. The number of benzene rings is 2. The molecule has 0 spiro atoms. The number of allylic oxidation sites excluding steroid dienone is 2. The van der Waals surface area contributed by atoms with Gasteiger partial charge in [-0.1, -0.05) is 36.4 Å². The summed E-state index contributed by atoms with van der Waals surface area (Å²) in [6.07, 6.45) is 6.93. The molecule has 0 saturated carbocycles. The molecule has 1 heterocycles. The Kier molecular flexibility index (Phi) is 4.34. The standard InChI is InChI=1S/C22H15FN2O2/c23-18-6-7-19-16(9-17(10-21(26)27)20(19)11-18)8-14-12-24-22(25-13-14)15-4-2-1-3-5-15/h1-9,11-13H,10H2,(H,26,27)/b16-8+. The molecule has 27 heavy (non-hydrogen) atoms. The van der Waals surface area contributed by atoms with Crippen LogP contribution in [-0.4, -0.2) is 21.0 Å². The molecule has 1 aliphatic carbocycles. The third kappa shape index (κ3) is 3.53. The number of carbonyl (C=O) groups is 1. The summed E-state index contributed by atoms with van der Waals surface area (Å²) in [5.74, 6) is -0.705. The molecule has 0 saturated heterocycles. The summed E-state index contributed by atoms with van der Waals surface area (Å²) in [5, 5.41) is 9.11. The summed E-state index contributed by atoms with van der Waals surface area (Å²) in [5.41, 5.74) is 4.54. The number of fused-ring (bicyclic) bond motifs is 1. The Bertz CT molecular complexity index is 1070. The molecule has 1 aliphatic rings. The van der Waals surface area contributed by atoms with Gasteiger partial charge >= 0.3 is 5.97 Å². The highest BCUT2D eigenvalue weighted by molar-refractivity contribution is 6.04. The lowest BCUT2D eigenvalue weighted by molar-refractivity contribution is -0.135. The van der Waals surface area contributed by atoms with Gasteiger partial charge in [0.05, 0.1) is 6.42 Å². The second-order valence-electron chi connectivity index (χ2n) is 6.24. The first-order valence-electron chi connectivity index (χ1n) is 8.42. The molecule has 4 rings (SSSR count). The first-order chi connectivity index (χ1) is 13.1. The van der Waals surface area contributed by atoms with E-state index in [4.69, 9.17) is 5.11 Å². The van der Waals surface area contributed by atoms with E-state index in [1.807, 2.05) is 36.4 Å². The van der Waals surface area contributed by atoms with Crippen LogP contribution in [-0.2, 0) is 4.79 Å². The van der Waals surface area contributed by atoms with E-state index >= 15 is 0 Å². The molecule has 0 amide bonds. The van der Waals surface area contributed by atoms with Crippen molar-refractivity contribution in [3.63, 3.8) is 0 Å². The molecule has 4 nitrogen and oxygen atoms in total. The molecule has 1 aromatic heterocycles. The van der Waals surface area contributed by atoms with Crippen LogP contribution in [0.25, 0.3) is 28.6 Å².